The highest BCUT2D eigenvalue weighted by Gasteiger charge is 2.14. The Labute approximate surface area is 77.2 Å². The van der Waals surface area contributed by atoms with E-state index in [1.165, 1.54) is 0 Å². The lowest BCUT2D eigenvalue weighted by molar-refractivity contribution is -0.138. The molecule has 13 heavy (non-hydrogen) atoms. The van der Waals surface area contributed by atoms with Crippen LogP contribution in [0.25, 0.3) is 0 Å². The van der Waals surface area contributed by atoms with Crippen LogP contribution >= 0.6 is 12.6 Å². The van der Waals surface area contributed by atoms with Crippen LogP contribution in [0.2, 0.25) is 0 Å². The van der Waals surface area contributed by atoms with Crippen LogP contribution in [0.1, 0.15) is 5.37 Å². The van der Waals surface area contributed by atoms with Crippen molar-refractivity contribution < 1.29 is 9.90 Å². The van der Waals surface area contributed by atoms with Gasteiger partial charge in [0.2, 0.25) is 0 Å². The van der Waals surface area contributed by atoms with Crippen molar-refractivity contribution in [2.45, 2.75) is 5.37 Å². The number of nitrogens with one attached hydrogen (secondary N) is 1. The number of carboxylic acid groups (broad SMARTS) is 1. The number of hydrogen-bond acceptors (Lipinski definition) is 4. The normalized spacial score (nSPS) is 12.4. The van der Waals surface area contributed by atoms with Gasteiger partial charge in [0.25, 0.3) is 5.56 Å². The van der Waals surface area contributed by atoms with Crippen LogP contribution in [0.4, 0.5) is 0 Å². The summed E-state index contributed by atoms with van der Waals surface area (Å²) >= 11 is 3.66. The van der Waals surface area contributed by atoms with Gasteiger partial charge in [0.15, 0.2) is 5.37 Å². The van der Waals surface area contributed by atoms with E-state index in [1.54, 1.807) is 0 Å². The van der Waals surface area contributed by atoms with Crippen molar-refractivity contribution in [3.63, 3.8) is 0 Å². The number of aliphatic carboxylic acids is 1. The average molecular weight is 202 g/mol. The fourth-order valence-corrected chi connectivity index (χ4v) is 0.921. The summed E-state index contributed by atoms with van der Waals surface area (Å²) in [6.07, 6.45) is 1.08. The van der Waals surface area contributed by atoms with Crippen molar-refractivity contribution >= 4 is 18.6 Å². The molecule has 0 aliphatic carbocycles. The Bertz CT molecular complexity index is 435. The second-order valence-electron chi connectivity index (χ2n) is 2.23. The van der Waals surface area contributed by atoms with Gasteiger partial charge in [-0.3, -0.25) is 14.3 Å². The lowest BCUT2D eigenvalue weighted by Crippen LogP contribution is -2.32. The fraction of sp³-hybridized carbons (Fsp3) is 0.167. The van der Waals surface area contributed by atoms with Gasteiger partial charge in [-0.1, -0.05) is 0 Å². The van der Waals surface area contributed by atoms with Gasteiger partial charge < -0.3 is 5.11 Å². The number of hydrogen-bond donors (Lipinski definition) is 3. The van der Waals surface area contributed by atoms with Crippen LogP contribution in [0.5, 0.6) is 0 Å². The Morgan fingerprint density at radius 3 is 2.69 bits per heavy atom. The molecule has 0 bridgehead atoms. The molecule has 0 saturated carbocycles. The Morgan fingerprint density at radius 1 is 1.62 bits per heavy atom. The number of thiol groups is 1. The first-order valence-electron chi connectivity index (χ1n) is 3.24. The second kappa shape index (κ2) is 3.48. The smallest absolute Gasteiger partial charge is 0.337 e. The predicted molar refractivity (Wildman–Crippen MR) is 47.0 cm³/mol. The molecule has 1 heterocycles. The van der Waals surface area contributed by atoms with Crippen molar-refractivity contribution in [3.8, 4) is 0 Å². The monoisotopic (exact) mass is 202 g/mol. The van der Waals surface area contributed by atoms with E-state index in [-0.39, 0.29) is 0 Å². The molecule has 1 aromatic rings. The van der Waals surface area contributed by atoms with Crippen LogP contribution in [0.3, 0.4) is 0 Å². The molecule has 1 atom stereocenters. The Balaban J connectivity index is 3.24. The predicted octanol–water partition coefficient (Wildman–Crippen LogP) is -0.950. The minimum atomic E-state index is -1.29. The number of carbonyl (C=O) groups is 1. The Kier molecular flexibility index (Phi) is 2.57. The summed E-state index contributed by atoms with van der Waals surface area (Å²) in [7, 11) is 0. The van der Waals surface area contributed by atoms with Crippen LogP contribution in [-0.2, 0) is 4.79 Å². The van der Waals surface area contributed by atoms with E-state index >= 15 is 0 Å². The number of aromatic nitrogens is 2. The van der Waals surface area contributed by atoms with Crippen LogP contribution in [0, 0.1) is 0 Å². The molecular weight excluding hydrogens is 196 g/mol. The first kappa shape index (κ1) is 9.59. The lowest BCUT2D eigenvalue weighted by atomic mass is 10.5. The lowest BCUT2D eigenvalue weighted by Gasteiger charge is -2.07. The van der Waals surface area contributed by atoms with E-state index in [0.29, 0.717) is 0 Å². The molecule has 0 fully saturated rings. The molecule has 0 saturated heterocycles. The topological polar surface area (TPSA) is 92.2 Å². The van der Waals surface area contributed by atoms with E-state index in [0.717, 1.165) is 16.8 Å². The van der Waals surface area contributed by atoms with Crippen LogP contribution in [-0.4, -0.2) is 20.6 Å². The van der Waals surface area contributed by atoms with Gasteiger partial charge in [-0.25, -0.2) is 9.59 Å². The summed E-state index contributed by atoms with van der Waals surface area (Å²) in [5.74, 6) is -1.27. The minimum Gasteiger partial charge on any atom is -0.479 e. The summed E-state index contributed by atoms with van der Waals surface area (Å²) in [6, 6.07) is 1.05. The molecule has 1 unspecified atom stereocenters. The first-order valence-corrected chi connectivity index (χ1v) is 3.76. The zero-order chi connectivity index (χ0) is 10.0. The van der Waals surface area contributed by atoms with Crippen molar-refractivity contribution in [1.82, 2.24) is 9.55 Å². The molecule has 7 heteroatoms. The van der Waals surface area contributed by atoms with E-state index in [2.05, 4.69) is 12.6 Å². The Hall–Kier alpha value is -1.50. The minimum absolute atomic E-state index is 0.577. The van der Waals surface area contributed by atoms with Gasteiger partial charge in [0.1, 0.15) is 0 Å². The number of H-pyrrole nitrogens is 1. The second-order valence-corrected chi connectivity index (χ2v) is 2.72. The fourth-order valence-electron chi connectivity index (χ4n) is 0.739. The van der Waals surface area contributed by atoms with Crippen molar-refractivity contribution in [2.75, 3.05) is 0 Å². The summed E-state index contributed by atoms with van der Waals surface area (Å²) < 4.78 is 0.798. The number of carboxylic acids is 1. The molecular formula is C6H6N2O4S. The molecule has 0 amide bonds. The molecule has 0 aromatic carbocycles. The SMILES string of the molecule is O=C(O)C(S)n1ccc(=O)[nH]c1=O. The molecule has 0 aliphatic heterocycles. The van der Waals surface area contributed by atoms with Gasteiger partial charge in [0.05, 0.1) is 0 Å². The summed E-state index contributed by atoms with van der Waals surface area (Å²) in [4.78, 5) is 33.9. The molecule has 2 N–H and O–H groups in total. The molecule has 1 aromatic heterocycles. The van der Waals surface area contributed by atoms with Crippen LogP contribution < -0.4 is 11.2 Å². The van der Waals surface area contributed by atoms with Crippen molar-refractivity contribution in [3.05, 3.63) is 33.1 Å². The number of rotatable bonds is 2. The first-order chi connectivity index (χ1) is 6.02. The third-order valence-corrected chi connectivity index (χ3v) is 1.81. The Morgan fingerprint density at radius 2 is 2.23 bits per heavy atom. The van der Waals surface area contributed by atoms with Gasteiger partial charge in [-0.15, -0.1) is 12.6 Å². The molecule has 0 spiro atoms. The zero-order valence-electron chi connectivity index (χ0n) is 6.30. The third-order valence-electron chi connectivity index (χ3n) is 1.34. The highest BCUT2D eigenvalue weighted by atomic mass is 32.1. The van der Waals surface area contributed by atoms with Gasteiger partial charge in [0, 0.05) is 12.3 Å². The van der Waals surface area contributed by atoms with E-state index in [1.807, 2.05) is 4.98 Å². The largest absolute Gasteiger partial charge is 0.479 e. The molecule has 0 radical (unpaired) electrons. The van der Waals surface area contributed by atoms with Gasteiger partial charge in [-0.05, 0) is 0 Å². The summed E-state index contributed by atoms with van der Waals surface area (Å²) in [5, 5.41) is 7.21. The average Bonchev–Trinajstić information content (AvgIpc) is 2.03. The van der Waals surface area contributed by atoms with Crippen molar-refractivity contribution in [2.24, 2.45) is 0 Å². The highest BCUT2D eigenvalue weighted by molar-refractivity contribution is 7.81. The molecule has 1 rings (SSSR count). The van der Waals surface area contributed by atoms with Gasteiger partial charge >= 0.3 is 11.7 Å². The van der Waals surface area contributed by atoms with Crippen LogP contribution in [0.15, 0.2) is 21.9 Å². The summed E-state index contributed by atoms with van der Waals surface area (Å²) in [6.45, 7) is 0. The van der Waals surface area contributed by atoms with Crippen molar-refractivity contribution in [1.29, 1.82) is 0 Å². The number of aromatic amines is 1. The zero-order valence-corrected chi connectivity index (χ0v) is 7.19. The molecule has 6 nitrogen and oxygen atoms in total. The highest BCUT2D eigenvalue weighted by Crippen LogP contribution is 2.06. The standard InChI is InChI=1S/C6H6N2O4S/c9-3-1-2-8(6(12)7-3)4(13)5(10)11/h1-2,4,13H,(H,10,11)(H,7,9,12). The number of nitrogens with zero attached hydrogens (tertiary/aromatic N) is 1. The molecule has 70 valence electrons. The third kappa shape index (κ3) is 2.00. The van der Waals surface area contributed by atoms with E-state index in [9.17, 15) is 14.4 Å². The van der Waals surface area contributed by atoms with E-state index in [4.69, 9.17) is 5.11 Å². The molecule has 0 aliphatic rings. The van der Waals surface area contributed by atoms with Gasteiger partial charge in [-0.2, -0.15) is 0 Å². The maximum Gasteiger partial charge on any atom is 0.337 e. The quantitative estimate of drug-likeness (QED) is 0.539. The summed E-state index contributed by atoms with van der Waals surface area (Å²) in [5.41, 5.74) is -1.37. The maximum atomic E-state index is 11.0. The van der Waals surface area contributed by atoms with E-state index < -0.39 is 22.6 Å². The maximum absolute atomic E-state index is 11.0.